The zero-order chi connectivity index (χ0) is 28.4. The number of rotatable bonds is 12. The lowest BCUT2D eigenvalue weighted by molar-refractivity contribution is -0.151. The van der Waals surface area contributed by atoms with Gasteiger partial charge in [0.1, 0.15) is 16.9 Å². The van der Waals surface area contributed by atoms with Crippen LogP contribution in [0.3, 0.4) is 0 Å². The maximum Gasteiger partial charge on any atom is 0.331 e. The van der Waals surface area contributed by atoms with Crippen LogP contribution in [-0.4, -0.2) is 67.0 Å². The molecule has 4 rings (SSSR count). The Morgan fingerprint density at radius 2 is 1.77 bits per heavy atom. The topological polar surface area (TPSA) is 110 Å². The molecular weight excluding hydrogens is 498 g/mol. The number of nitrogens with zero attached hydrogens (tertiary/aromatic N) is 2. The van der Waals surface area contributed by atoms with Gasteiger partial charge in [-0.2, -0.15) is 0 Å². The smallest absolute Gasteiger partial charge is 0.331 e. The fourth-order valence-corrected chi connectivity index (χ4v) is 4.41. The SMILES string of the molecule is CCOC(=O)C(CC)(CC)NC(=O)c1ccc(N2CC(OC)C2)c(OCC2C[C@@H]2C)n1.OCc1ccccc1. The van der Waals surface area contributed by atoms with Crippen molar-refractivity contribution in [3.8, 4) is 5.88 Å². The number of hydrogen-bond donors (Lipinski definition) is 2. The number of amides is 1. The quantitative estimate of drug-likeness (QED) is 0.388. The highest BCUT2D eigenvalue weighted by atomic mass is 16.5. The van der Waals surface area contributed by atoms with Crippen LogP contribution < -0.4 is 15.0 Å². The Kier molecular flexibility index (Phi) is 11.1. The van der Waals surface area contributed by atoms with E-state index in [9.17, 15) is 9.59 Å². The number of aliphatic hydroxyl groups is 1. The molecule has 1 unspecified atom stereocenters. The number of nitrogens with one attached hydrogen (secondary N) is 1. The number of esters is 1. The van der Waals surface area contributed by atoms with Gasteiger partial charge in [0.25, 0.3) is 5.91 Å². The summed E-state index contributed by atoms with van der Waals surface area (Å²) in [6.45, 7) is 10.2. The van der Waals surface area contributed by atoms with E-state index < -0.39 is 17.4 Å². The van der Waals surface area contributed by atoms with Gasteiger partial charge in [-0.25, -0.2) is 9.78 Å². The van der Waals surface area contributed by atoms with E-state index in [4.69, 9.17) is 19.3 Å². The van der Waals surface area contributed by atoms with Crippen LogP contribution in [0, 0.1) is 11.8 Å². The molecule has 1 saturated heterocycles. The first-order valence-electron chi connectivity index (χ1n) is 13.9. The molecule has 39 heavy (non-hydrogen) atoms. The molecule has 1 amide bonds. The molecule has 1 aromatic carbocycles. The summed E-state index contributed by atoms with van der Waals surface area (Å²) in [7, 11) is 1.71. The summed E-state index contributed by atoms with van der Waals surface area (Å²) in [5, 5.41) is 11.4. The second-order valence-corrected chi connectivity index (χ2v) is 10.2. The lowest BCUT2D eigenvalue weighted by Crippen LogP contribution is -2.54. The normalized spacial score (nSPS) is 18.4. The van der Waals surface area contributed by atoms with E-state index in [2.05, 4.69) is 22.1 Å². The molecular formula is C30H43N3O6. The number of carbonyl (C=O) groups excluding carboxylic acids is 2. The highest BCUT2D eigenvalue weighted by Crippen LogP contribution is 2.39. The zero-order valence-corrected chi connectivity index (χ0v) is 23.8. The first-order chi connectivity index (χ1) is 18.8. The Balaban J connectivity index is 0.000000449. The van der Waals surface area contributed by atoms with Crippen molar-refractivity contribution < 1.29 is 28.9 Å². The largest absolute Gasteiger partial charge is 0.476 e. The predicted molar refractivity (Wildman–Crippen MR) is 150 cm³/mol. The van der Waals surface area contributed by atoms with Gasteiger partial charge in [-0.3, -0.25) is 4.79 Å². The lowest BCUT2D eigenvalue weighted by Gasteiger charge is -2.40. The van der Waals surface area contributed by atoms with Crippen LogP contribution in [0.25, 0.3) is 0 Å². The molecule has 0 spiro atoms. The molecule has 0 radical (unpaired) electrons. The van der Waals surface area contributed by atoms with Crippen molar-refractivity contribution in [1.82, 2.24) is 10.3 Å². The van der Waals surface area contributed by atoms with Crippen LogP contribution in [0.4, 0.5) is 5.69 Å². The fraction of sp³-hybridized carbons (Fsp3) is 0.567. The molecule has 2 aliphatic rings. The van der Waals surface area contributed by atoms with Gasteiger partial charge < -0.3 is 29.5 Å². The third-order valence-corrected chi connectivity index (χ3v) is 7.56. The van der Waals surface area contributed by atoms with Crippen molar-refractivity contribution >= 4 is 17.6 Å². The third kappa shape index (κ3) is 7.92. The molecule has 1 aliphatic carbocycles. The number of anilines is 1. The molecule has 2 N–H and O–H groups in total. The summed E-state index contributed by atoms with van der Waals surface area (Å²) in [5.74, 6) is 0.820. The number of hydrogen-bond acceptors (Lipinski definition) is 8. The van der Waals surface area contributed by atoms with Gasteiger partial charge >= 0.3 is 5.97 Å². The Labute approximate surface area is 231 Å². The minimum atomic E-state index is -1.07. The number of benzene rings is 1. The maximum absolute atomic E-state index is 13.0. The van der Waals surface area contributed by atoms with Gasteiger partial charge in [0, 0.05) is 20.2 Å². The lowest BCUT2D eigenvalue weighted by atomic mass is 9.92. The first kappa shape index (κ1) is 30.4. The molecule has 2 atom stereocenters. The van der Waals surface area contributed by atoms with Crippen molar-refractivity contribution in [2.75, 3.05) is 38.3 Å². The first-order valence-corrected chi connectivity index (χ1v) is 13.9. The van der Waals surface area contributed by atoms with E-state index in [0.29, 0.717) is 37.2 Å². The van der Waals surface area contributed by atoms with Crippen molar-refractivity contribution in [1.29, 1.82) is 0 Å². The second-order valence-electron chi connectivity index (χ2n) is 10.2. The van der Waals surface area contributed by atoms with Crippen molar-refractivity contribution in [3.05, 3.63) is 53.7 Å². The van der Waals surface area contributed by atoms with Gasteiger partial charge in [0.05, 0.1) is 25.9 Å². The van der Waals surface area contributed by atoms with E-state index >= 15 is 0 Å². The third-order valence-electron chi connectivity index (χ3n) is 7.56. The Hall–Kier alpha value is -3.17. The van der Waals surface area contributed by atoms with E-state index in [0.717, 1.165) is 30.8 Å². The highest BCUT2D eigenvalue weighted by Gasteiger charge is 2.39. The van der Waals surface area contributed by atoms with Crippen molar-refractivity contribution in [3.63, 3.8) is 0 Å². The van der Waals surface area contributed by atoms with Gasteiger partial charge in [0.15, 0.2) is 0 Å². The monoisotopic (exact) mass is 541 g/mol. The number of carbonyl (C=O) groups is 2. The summed E-state index contributed by atoms with van der Waals surface area (Å²) in [6.07, 6.45) is 2.21. The highest BCUT2D eigenvalue weighted by molar-refractivity contribution is 5.97. The summed E-state index contributed by atoms with van der Waals surface area (Å²) in [4.78, 5) is 32.2. The van der Waals surface area contributed by atoms with Crippen LogP contribution in [0.5, 0.6) is 5.88 Å². The zero-order valence-electron chi connectivity index (χ0n) is 23.8. The molecule has 1 aromatic heterocycles. The maximum atomic E-state index is 13.0. The fourth-order valence-electron chi connectivity index (χ4n) is 4.41. The molecule has 9 heteroatoms. The van der Waals surface area contributed by atoms with Crippen LogP contribution in [-0.2, 0) is 20.9 Å². The number of methoxy groups -OCH3 is 1. The van der Waals surface area contributed by atoms with Gasteiger partial charge in [-0.05, 0) is 55.7 Å². The molecule has 1 aliphatic heterocycles. The molecule has 214 valence electrons. The van der Waals surface area contributed by atoms with Crippen LogP contribution >= 0.6 is 0 Å². The molecule has 2 fully saturated rings. The van der Waals surface area contributed by atoms with Gasteiger partial charge in [-0.15, -0.1) is 0 Å². The van der Waals surface area contributed by atoms with E-state index in [1.54, 1.807) is 20.1 Å². The second kappa shape index (κ2) is 14.3. The van der Waals surface area contributed by atoms with E-state index in [1.807, 2.05) is 50.2 Å². The molecule has 1 saturated carbocycles. The van der Waals surface area contributed by atoms with E-state index in [-0.39, 0.29) is 25.0 Å². The van der Waals surface area contributed by atoms with Crippen LogP contribution in [0.15, 0.2) is 42.5 Å². The van der Waals surface area contributed by atoms with Crippen molar-refractivity contribution in [2.24, 2.45) is 11.8 Å². The Morgan fingerprint density at radius 3 is 2.28 bits per heavy atom. The van der Waals surface area contributed by atoms with Gasteiger partial charge in [0.2, 0.25) is 5.88 Å². The number of aliphatic hydroxyl groups excluding tert-OH is 1. The summed E-state index contributed by atoms with van der Waals surface area (Å²) >= 11 is 0. The number of ether oxygens (including phenoxy) is 3. The summed E-state index contributed by atoms with van der Waals surface area (Å²) < 4.78 is 16.6. The molecule has 2 aromatic rings. The minimum absolute atomic E-state index is 0.140. The number of pyridine rings is 1. The predicted octanol–water partition coefficient (Wildman–Crippen LogP) is 3.98. The minimum Gasteiger partial charge on any atom is -0.476 e. The number of aromatic nitrogens is 1. The average molecular weight is 542 g/mol. The Morgan fingerprint density at radius 1 is 1.10 bits per heavy atom. The van der Waals surface area contributed by atoms with Crippen LogP contribution in [0.2, 0.25) is 0 Å². The standard InChI is InChI=1S/C23H35N3O5.C7H8O/c1-6-23(7-2,22(28)30-8-3)25-20(27)18-9-10-19(26-12-17(13-26)29-5)21(24-18)31-14-16-11-15(16)4;8-6-7-4-2-1-3-5-7/h9-10,15-17H,6-8,11-14H2,1-5H3,(H,25,27);1-5,8H,6H2/t15-,16?;/m0./s1. The summed E-state index contributed by atoms with van der Waals surface area (Å²) in [5.41, 5.74) is 0.983. The molecule has 0 bridgehead atoms. The summed E-state index contributed by atoms with van der Waals surface area (Å²) in [6, 6.07) is 13.1. The van der Waals surface area contributed by atoms with Crippen molar-refractivity contribution in [2.45, 2.75) is 65.2 Å². The molecule has 2 heterocycles. The van der Waals surface area contributed by atoms with E-state index in [1.165, 1.54) is 0 Å². The average Bonchev–Trinajstić information content (AvgIpc) is 3.65. The van der Waals surface area contributed by atoms with Crippen LogP contribution in [0.1, 0.15) is 63.0 Å². The molecule has 9 nitrogen and oxygen atoms in total. The van der Waals surface area contributed by atoms with Gasteiger partial charge in [-0.1, -0.05) is 51.1 Å². The Bertz CT molecular complexity index is 1070.